The first-order valence-corrected chi connectivity index (χ1v) is 9.32. The van der Waals surface area contributed by atoms with Gasteiger partial charge in [-0.2, -0.15) is 5.26 Å². The van der Waals surface area contributed by atoms with Crippen LogP contribution in [0.25, 0.3) is 44.3 Å². The average molecular weight is 375 g/mol. The van der Waals surface area contributed by atoms with Crippen molar-refractivity contribution in [3.8, 4) is 34.3 Å². The summed E-state index contributed by atoms with van der Waals surface area (Å²) in [4.78, 5) is 8.10. The lowest BCUT2D eigenvalue weighted by Crippen LogP contribution is -1.89. The highest BCUT2D eigenvalue weighted by atomic mass is 16.5. The molecule has 4 heteroatoms. The number of para-hydroxylation sites is 2. The highest BCUT2D eigenvalue weighted by Crippen LogP contribution is 2.31. The predicted molar refractivity (Wildman–Crippen MR) is 116 cm³/mol. The number of imidazole rings is 1. The van der Waals surface area contributed by atoms with E-state index in [-0.39, 0.29) is 0 Å². The molecule has 0 amide bonds. The maximum Gasteiger partial charge on any atom is 0.138 e. The summed E-state index contributed by atoms with van der Waals surface area (Å²) in [7, 11) is 1.59. The van der Waals surface area contributed by atoms with E-state index in [1.165, 1.54) is 0 Å². The van der Waals surface area contributed by atoms with Crippen LogP contribution in [0.4, 0.5) is 0 Å². The van der Waals surface area contributed by atoms with E-state index in [0.29, 0.717) is 11.3 Å². The molecule has 0 aliphatic heterocycles. The van der Waals surface area contributed by atoms with Gasteiger partial charge in [-0.3, -0.25) is 0 Å². The zero-order valence-corrected chi connectivity index (χ0v) is 15.8. The summed E-state index contributed by atoms with van der Waals surface area (Å²) in [5.41, 5.74) is 5.77. The molecule has 0 saturated carbocycles. The first-order valence-electron chi connectivity index (χ1n) is 9.32. The number of methoxy groups -OCH3 is 1. The molecular formula is C25H17N3O. The molecule has 1 aromatic heterocycles. The van der Waals surface area contributed by atoms with Crippen LogP contribution in [0.15, 0.2) is 78.9 Å². The van der Waals surface area contributed by atoms with Crippen molar-refractivity contribution in [3.63, 3.8) is 0 Å². The molecule has 4 nitrogen and oxygen atoms in total. The number of aromatic amines is 1. The first-order chi connectivity index (χ1) is 14.2. The minimum absolute atomic E-state index is 0.541. The van der Waals surface area contributed by atoms with Crippen LogP contribution in [-0.4, -0.2) is 17.1 Å². The molecule has 0 spiro atoms. The summed E-state index contributed by atoms with van der Waals surface area (Å²) in [6.07, 6.45) is 0. The van der Waals surface area contributed by atoms with E-state index in [1.807, 2.05) is 48.5 Å². The second-order valence-electron chi connectivity index (χ2n) is 6.91. The molecule has 0 fully saturated rings. The number of hydrogen-bond donors (Lipinski definition) is 1. The zero-order valence-electron chi connectivity index (χ0n) is 15.8. The third kappa shape index (κ3) is 2.99. The molecule has 1 heterocycles. The summed E-state index contributed by atoms with van der Waals surface area (Å²) < 4.78 is 5.36. The molecule has 1 N–H and O–H groups in total. The van der Waals surface area contributed by atoms with Gasteiger partial charge in [0.05, 0.1) is 23.7 Å². The Morgan fingerprint density at radius 1 is 0.828 bits per heavy atom. The van der Waals surface area contributed by atoms with Gasteiger partial charge in [0, 0.05) is 5.56 Å². The van der Waals surface area contributed by atoms with Gasteiger partial charge in [0.25, 0.3) is 0 Å². The van der Waals surface area contributed by atoms with E-state index < -0.39 is 0 Å². The number of H-pyrrole nitrogens is 1. The van der Waals surface area contributed by atoms with Gasteiger partial charge in [-0.25, -0.2) is 4.98 Å². The SMILES string of the molecule is COc1cc2cc(-c3cccc(-c4nc5ccccc5[nH]4)c3)ccc2cc1C#N. The number of hydrogen-bond acceptors (Lipinski definition) is 3. The first kappa shape index (κ1) is 17.0. The quantitative estimate of drug-likeness (QED) is 0.425. The molecule has 0 aliphatic rings. The Balaban J connectivity index is 1.59. The van der Waals surface area contributed by atoms with Crippen LogP contribution < -0.4 is 4.74 Å². The molecule has 29 heavy (non-hydrogen) atoms. The van der Waals surface area contributed by atoms with Gasteiger partial charge in [0.1, 0.15) is 17.6 Å². The molecule has 0 unspecified atom stereocenters. The topological polar surface area (TPSA) is 61.7 Å². The smallest absolute Gasteiger partial charge is 0.138 e. The third-order valence-electron chi connectivity index (χ3n) is 5.14. The average Bonchev–Trinajstić information content (AvgIpc) is 3.22. The van der Waals surface area contributed by atoms with Gasteiger partial charge < -0.3 is 9.72 Å². The maximum atomic E-state index is 9.29. The molecule has 0 bridgehead atoms. The normalized spacial score (nSPS) is 10.9. The highest BCUT2D eigenvalue weighted by Gasteiger charge is 2.09. The number of aromatic nitrogens is 2. The van der Waals surface area contributed by atoms with Crippen molar-refractivity contribution in [2.45, 2.75) is 0 Å². The number of nitriles is 1. The number of nitrogens with zero attached hydrogens (tertiary/aromatic N) is 2. The number of ether oxygens (including phenoxy) is 1. The number of fused-ring (bicyclic) bond motifs is 2. The molecular weight excluding hydrogens is 358 g/mol. The minimum atomic E-state index is 0.541. The van der Waals surface area contributed by atoms with Crippen molar-refractivity contribution < 1.29 is 4.74 Å². The van der Waals surface area contributed by atoms with E-state index in [0.717, 1.165) is 44.3 Å². The number of nitrogens with one attached hydrogen (secondary N) is 1. The minimum Gasteiger partial charge on any atom is -0.495 e. The van der Waals surface area contributed by atoms with Crippen molar-refractivity contribution in [2.75, 3.05) is 7.11 Å². The summed E-state index contributed by atoms with van der Waals surface area (Å²) in [5.74, 6) is 1.45. The van der Waals surface area contributed by atoms with Gasteiger partial charge in [0.2, 0.25) is 0 Å². The Morgan fingerprint density at radius 2 is 1.66 bits per heavy atom. The van der Waals surface area contributed by atoms with E-state index in [9.17, 15) is 5.26 Å². The summed E-state index contributed by atoms with van der Waals surface area (Å²) in [5, 5.41) is 11.3. The summed E-state index contributed by atoms with van der Waals surface area (Å²) >= 11 is 0. The Hall–Kier alpha value is -4.10. The fraction of sp³-hybridized carbons (Fsp3) is 0.0400. The Kier molecular flexibility index (Phi) is 4.00. The summed E-state index contributed by atoms with van der Waals surface area (Å²) in [6, 6.07) is 28.6. The molecule has 0 aliphatic carbocycles. The van der Waals surface area contributed by atoms with Crippen LogP contribution >= 0.6 is 0 Å². The monoisotopic (exact) mass is 375 g/mol. The molecule has 0 atom stereocenters. The third-order valence-corrected chi connectivity index (χ3v) is 5.14. The van der Waals surface area contributed by atoms with Crippen molar-refractivity contribution in [2.24, 2.45) is 0 Å². The molecule has 5 rings (SSSR count). The summed E-state index contributed by atoms with van der Waals surface area (Å²) in [6.45, 7) is 0. The molecule has 4 aromatic carbocycles. The lowest BCUT2D eigenvalue weighted by atomic mass is 9.98. The zero-order chi connectivity index (χ0) is 19.8. The van der Waals surface area contributed by atoms with Crippen molar-refractivity contribution >= 4 is 21.8 Å². The molecule has 0 radical (unpaired) electrons. The maximum absolute atomic E-state index is 9.29. The Morgan fingerprint density at radius 3 is 2.48 bits per heavy atom. The highest BCUT2D eigenvalue weighted by molar-refractivity contribution is 5.90. The predicted octanol–water partition coefficient (Wildman–Crippen LogP) is 5.93. The van der Waals surface area contributed by atoms with Crippen molar-refractivity contribution in [1.82, 2.24) is 9.97 Å². The molecule has 0 saturated heterocycles. The fourth-order valence-electron chi connectivity index (χ4n) is 3.65. The molecule has 5 aromatic rings. The van der Waals surface area contributed by atoms with Crippen LogP contribution in [0.2, 0.25) is 0 Å². The van der Waals surface area contributed by atoms with Crippen LogP contribution in [-0.2, 0) is 0 Å². The van der Waals surface area contributed by atoms with E-state index in [2.05, 4.69) is 41.4 Å². The van der Waals surface area contributed by atoms with E-state index in [4.69, 9.17) is 9.72 Å². The van der Waals surface area contributed by atoms with Gasteiger partial charge in [-0.15, -0.1) is 0 Å². The number of rotatable bonds is 3. The van der Waals surface area contributed by atoms with Crippen molar-refractivity contribution in [1.29, 1.82) is 5.26 Å². The Bertz CT molecular complexity index is 1380. The molecule has 138 valence electrons. The van der Waals surface area contributed by atoms with E-state index in [1.54, 1.807) is 7.11 Å². The lowest BCUT2D eigenvalue weighted by Gasteiger charge is -2.08. The standard InChI is InChI=1S/C25H17N3O/c1-29-24-14-20-12-17(9-10-18(20)13-21(24)15-26)16-5-4-6-19(11-16)25-27-22-7-2-3-8-23(22)28-25/h2-14H,1H3,(H,27,28). The Labute approximate surface area is 168 Å². The number of benzene rings is 4. The van der Waals surface area contributed by atoms with Crippen LogP contribution in [0.5, 0.6) is 5.75 Å². The lowest BCUT2D eigenvalue weighted by molar-refractivity contribution is 0.414. The van der Waals surface area contributed by atoms with Gasteiger partial charge in [-0.1, -0.05) is 42.5 Å². The van der Waals surface area contributed by atoms with Crippen LogP contribution in [0.3, 0.4) is 0 Å². The van der Waals surface area contributed by atoms with Gasteiger partial charge in [0.15, 0.2) is 0 Å². The van der Waals surface area contributed by atoms with Crippen LogP contribution in [0.1, 0.15) is 5.56 Å². The van der Waals surface area contributed by atoms with Gasteiger partial charge >= 0.3 is 0 Å². The fourth-order valence-corrected chi connectivity index (χ4v) is 3.65. The van der Waals surface area contributed by atoms with Gasteiger partial charge in [-0.05, 0) is 58.3 Å². The van der Waals surface area contributed by atoms with Crippen molar-refractivity contribution in [3.05, 3.63) is 84.4 Å². The second-order valence-corrected chi connectivity index (χ2v) is 6.91. The van der Waals surface area contributed by atoms with Crippen LogP contribution in [0, 0.1) is 11.3 Å². The largest absolute Gasteiger partial charge is 0.495 e. The second kappa shape index (κ2) is 6.81. The van der Waals surface area contributed by atoms with E-state index >= 15 is 0 Å².